The summed E-state index contributed by atoms with van der Waals surface area (Å²) in [5.74, 6) is 0.755. The Morgan fingerprint density at radius 3 is 2.95 bits per heavy atom. The van der Waals surface area contributed by atoms with Gasteiger partial charge in [0.15, 0.2) is 0 Å². The SMILES string of the molecule is CCOCCCn1ccnc1Nc1ccc(Cl)cc1Cl. The standard InChI is InChI=1S/C14H17Cl2N3O/c1-2-20-9-3-7-19-8-6-17-14(19)18-13-5-4-11(15)10-12(13)16/h4-6,8,10H,2-3,7,9H2,1H3,(H,17,18). The maximum atomic E-state index is 6.14. The lowest BCUT2D eigenvalue weighted by Gasteiger charge is -2.11. The molecule has 0 aliphatic heterocycles. The molecule has 0 fully saturated rings. The smallest absolute Gasteiger partial charge is 0.207 e. The minimum Gasteiger partial charge on any atom is -0.382 e. The fourth-order valence-electron chi connectivity index (χ4n) is 1.81. The minimum atomic E-state index is 0.571. The van der Waals surface area contributed by atoms with Crippen molar-refractivity contribution in [2.45, 2.75) is 19.9 Å². The zero-order valence-electron chi connectivity index (χ0n) is 11.3. The van der Waals surface area contributed by atoms with Crippen molar-refractivity contribution in [2.24, 2.45) is 0 Å². The number of nitrogens with one attached hydrogen (secondary N) is 1. The number of halogens is 2. The van der Waals surface area contributed by atoms with Gasteiger partial charge in [0.05, 0.1) is 10.7 Å². The summed E-state index contributed by atoms with van der Waals surface area (Å²) in [5, 5.41) is 4.39. The first-order chi connectivity index (χ1) is 9.70. The first-order valence-electron chi connectivity index (χ1n) is 6.51. The second kappa shape index (κ2) is 7.53. The van der Waals surface area contributed by atoms with Gasteiger partial charge in [-0.1, -0.05) is 23.2 Å². The van der Waals surface area contributed by atoms with E-state index in [1.165, 1.54) is 0 Å². The summed E-state index contributed by atoms with van der Waals surface area (Å²) in [6.45, 7) is 4.32. The van der Waals surface area contributed by atoms with Crippen LogP contribution in [-0.2, 0) is 11.3 Å². The zero-order chi connectivity index (χ0) is 14.4. The summed E-state index contributed by atoms with van der Waals surface area (Å²) in [4.78, 5) is 4.29. The van der Waals surface area contributed by atoms with Gasteiger partial charge >= 0.3 is 0 Å². The molecule has 108 valence electrons. The molecular formula is C14H17Cl2N3O. The van der Waals surface area contributed by atoms with Crippen molar-refractivity contribution >= 4 is 34.8 Å². The highest BCUT2D eigenvalue weighted by molar-refractivity contribution is 6.36. The highest BCUT2D eigenvalue weighted by Crippen LogP contribution is 2.27. The first kappa shape index (κ1) is 15.2. The second-order valence-electron chi connectivity index (χ2n) is 4.24. The van der Waals surface area contributed by atoms with Gasteiger partial charge in [-0.15, -0.1) is 0 Å². The van der Waals surface area contributed by atoms with Gasteiger partial charge in [0, 0.05) is 37.2 Å². The van der Waals surface area contributed by atoms with E-state index >= 15 is 0 Å². The average molecular weight is 314 g/mol. The number of nitrogens with zero attached hydrogens (tertiary/aromatic N) is 2. The molecular weight excluding hydrogens is 297 g/mol. The van der Waals surface area contributed by atoms with Crippen molar-refractivity contribution < 1.29 is 4.74 Å². The molecule has 2 rings (SSSR count). The molecule has 0 amide bonds. The van der Waals surface area contributed by atoms with E-state index in [0.717, 1.165) is 37.8 Å². The monoisotopic (exact) mass is 313 g/mol. The van der Waals surface area contributed by atoms with Crippen LogP contribution in [0.4, 0.5) is 11.6 Å². The zero-order valence-corrected chi connectivity index (χ0v) is 12.8. The number of aromatic nitrogens is 2. The second-order valence-corrected chi connectivity index (χ2v) is 5.09. The lowest BCUT2D eigenvalue weighted by atomic mass is 10.3. The largest absolute Gasteiger partial charge is 0.382 e. The predicted molar refractivity (Wildman–Crippen MR) is 83.1 cm³/mol. The highest BCUT2D eigenvalue weighted by atomic mass is 35.5. The quantitative estimate of drug-likeness (QED) is 0.772. The summed E-state index contributed by atoms with van der Waals surface area (Å²) in [6, 6.07) is 5.33. The molecule has 0 saturated carbocycles. The van der Waals surface area contributed by atoms with Crippen molar-refractivity contribution in [1.29, 1.82) is 0 Å². The van der Waals surface area contributed by atoms with Gasteiger partial charge in [0.2, 0.25) is 5.95 Å². The number of aryl methyl sites for hydroxylation is 1. The maximum absolute atomic E-state index is 6.14. The summed E-state index contributed by atoms with van der Waals surface area (Å²) in [6.07, 6.45) is 4.62. The van der Waals surface area contributed by atoms with Crippen molar-refractivity contribution in [3.63, 3.8) is 0 Å². The van der Waals surface area contributed by atoms with Crippen LogP contribution in [0.2, 0.25) is 10.0 Å². The van der Waals surface area contributed by atoms with Crippen LogP contribution in [0.5, 0.6) is 0 Å². The average Bonchev–Trinajstić information content (AvgIpc) is 2.85. The van der Waals surface area contributed by atoms with Gasteiger partial charge in [0.25, 0.3) is 0 Å². The van der Waals surface area contributed by atoms with Crippen molar-refractivity contribution in [3.05, 3.63) is 40.6 Å². The van der Waals surface area contributed by atoms with E-state index in [1.807, 2.05) is 23.8 Å². The van der Waals surface area contributed by atoms with Crippen molar-refractivity contribution in [3.8, 4) is 0 Å². The molecule has 2 aromatic rings. The van der Waals surface area contributed by atoms with Gasteiger partial charge in [-0.05, 0) is 31.5 Å². The van der Waals surface area contributed by atoms with Gasteiger partial charge in [0.1, 0.15) is 0 Å². The topological polar surface area (TPSA) is 39.1 Å². The Morgan fingerprint density at radius 1 is 1.35 bits per heavy atom. The van der Waals surface area contributed by atoms with Gasteiger partial charge in [-0.2, -0.15) is 0 Å². The van der Waals surface area contributed by atoms with Crippen LogP contribution in [0.1, 0.15) is 13.3 Å². The number of benzene rings is 1. The lowest BCUT2D eigenvalue weighted by Crippen LogP contribution is -2.06. The number of rotatable bonds is 7. The highest BCUT2D eigenvalue weighted by Gasteiger charge is 2.06. The summed E-state index contributed by atoms with van der Waals surface area (Å²) >= 11 is 12.0. The molecule has 0 atom stereocenters. The van der Waals surface area contributed by atoms with Crippen LogP contribution in [0.25, 0.3) is 0 Å². The van der Waals surface area contributed by atoms with Gasteiger partial charge in [-0.25, -0.2) is 4.98 Å². The van der Waals surface area contributed by atoms with E-state index in [0.29, 0.717) is 10.0 Å². The van der Waals surface area contributed by atoms with Crippen LogP contribution in [-0.4, -0.2) is 22.8 Å². The molecule has 0 radical (unpaired) electrons. The number of ether oxygens (including phenoxy) is 1. The lowest BCUT2D eigenvalue weighted by molar-refractivity contribution is 0.142. The van der Waals surface area contributed by atoms with Crippen molar-refractivity contribution in [2.75, 3.05) is 18.5 Å². The molecule has 0 saturated heterocycles. The molecule has 0 aliphatic carbocycles. The molecule has 1 N–H and O–H groups in total. The van der Waals surface area contributed by atoms with Crippen LogP contribution in [0.3, 0.4) is 0 Å². The van der Waals surface area contributed by atoms with E-state index in [-0.39, 0.29) is 0 Å². The Balaban J connectivity index is 2.01. The molecule has 6 heteroatoms. The Hall–Kier alpha value is -1.23. The molecule has 1 aromatic carbocycles. The minimum absolute atomic E-state index is 0.571. The van der Waals surface area contributed by atoms with Gasteiger partial charge in [-0.3, -0.25) is 0 Å². The van der Waals surface area contributed by atoms with Gasteiger partial charge < -0.3 is 14.6 Å². The normalized spacial score (nSPS) is 10.8. The molecule has 20 heavy (non-hydrogen) atoms. The fraction of sp³-hybridized carbons (Fsp3) is 0.357. The molecule has 1 heterocycles. The van der Waals surface area contributed by atoms with E-state index in [4.69, 9.17) is 27.9 Å². The molecule has 0 aliphatic rings. The Bertz CT molecular complexity index is 557. The van der Waals surface area contributed by atoms with Crippen LogP contribution in [0.15, 0.2) is 30.6 Å². The summed E-state index contributed by atoms with van der Waals surface area (Å²) < 4.78 is 7.36. The van der Waals surface area contributed by atoms with Crippen LogP contribution >= 0.6 is 23.2 Å². The van der Waals surface area contributed by atoms with Crippen molar-refractivity contribution in [1.82, 2.24) is 9.55 Å². The Kier molecular flexibility index (Phi) is 5.71. The Labute approximate surface area is 128 Å². The number of imidazole rings is 1. The molecule has 0 unspecified atom stereocenters. The number of hydrogen-bond donors (Lipinski definition) is 1. The third-order valence-electron chi connectivity index (χ3n) is 2.78. The fourth-order valence-corrected chi connectivity index (χ4v) is 2.26. The summed E-state index contributed by atoms with van der Waals surface area (Å²) in [5.41, 5.74) is 0.785. The molecule has 0 bridgehead atoms. The van der Waals surface area contributed by atoms with E-state index in [2.05, 4.69) is 10.3 Å². The number of hydrogen-bond acceptors (Lipinski definition) is 3. The van der Waals surface area contributed by atoms with E-state index < -0.39 is 0 Å². The van der Waals surface area contributed by atoms with Crippen LogP contribution < -0.4 is 5.32 Å². The number of anilines is 2. The Morgan fingerprint density at radius 2 is 2.20 bits per heavy atom. The third-order valence-corrected chi connectivity index (χ3v) is 3.33. The maximum Gasteiger partial charge on any atom is 0.207 e. The summed E-state index contributed by atoms with van der Waals surface area (Å²) in [7, 11) is 0. The first-order valence-corrected chi connectivity index (χ1v) is 7.27. The molecule has 4 nitrogen and oxygen atoms in total. The third kappa shape index (κ3) is 4.13. The van der Waals surface area contributed by atoms with Crippen LogP contribution in [0, 0.1) is 0 Å². The van der Waals surface area contributed by atoms with E-state index in [1.54, 1.807) is 18.3 Å². The molecule has 0 spiro atoms. The molecule has 1 aromatic heterocycles. The van der Waals surface area contributed by atoms with E-state index in [9.17, 15) is 0 Å². The predicted octanol–water partition coefficient (Wildman–Crippen LogP) is 4.36.